The Labute approximate surface area is 145 Å². The summed E-state index contributed by atoms with van der Waals surface area (Å²) in [7, 11) is 0. The third-order valence-corrected chi connectivity index (χ3v) is 4.02. The molecule has 4 heteroatoms. The van der Waals surface area contributed by atoms with Crippen molar-refractivity contribution in [1.29, 1.82) is 0 Å². The van der Waals surface area contributed by atoms with Crippen molar-refractivity contribution in [1.82, 2.24) is 0 Å². The molecule has 0 saturated heterocycles. The van der Waals surface area contributed by atoms with Gasteiger partial charge in [-0.2, -0.15) is 0 Å². The zero-order chi connectivity index (χ0) is 16.9. The van der Waals surface area contributed by atoms with E-state index in [0.29, 0.717) is 11.4 Å². The quantitative estimate of drug-likeness (QED) is 0.792. The molecule has 1 N–H and O–H groups in total. The van der Waals surface area contributed by atoms with Crippen LogP contribution in [-0.2, 0) is 10.2 Å². The fraction of sp³-hybridized carbons (Fsp3) is 0.211. The summed E-state index contributed by atoms with van der Waals surface area (Å²) >= 11 is 3.44. The number of hydrogen-bond donors (Lipinski definition) is 1. The van der Waals surface area contributed by atoms with Gasteiger partial charge in [0.15, 0.2) is 0 Å². The number of hydrogen-bond acceptors (Lipinski definition) is 2. The van der Waals surface area contributed by atoms with Crippen LogP contribution in [0.3, 0.4) is 0 Å². The number of amides is 1. The van der Waals surface area contributed by atoms with Crippen molar-refractivity contribution in [2.75, 3.05) is 11.9 Å². The lowest BCUT2D eigenvalue weighted by Crippen LogP contribution is -2.34. The second-order valence-electron chi connectivity index (χ2n) is 5.61. The van der Waals surface area contributed by atoms with Crippen LogP contribution in [0.2, 0.25) is 0 Å². The molecule has 0 bridgehead atoms. The third kappa shape index (κ3) is 4.37. The molecular weight excluding hydrogens is 354 g/mol. The monoisotopic (exact) mass is 371 g/mol. The number of halogens is 1. The molecule has 0 saturated carbocycles. The van der Waals surface area contributed by atoms with Gasteiger partial charge in [-0.15, -0.1) is 6.42 Å². The minimum Gasteiger partial charge on any atom is -0.481 e. The van der Waals surface area contributed by atoms with Crippen molar-refractivity contribution < 1.29 is 9.53 Å². The molecule has 1 amide bonds. The van der Waals surface area contributed by atoms with Gasteiger partial charge in [0, 0.05) is 16.2 Å². The lowest BCUT2D eigenvalue weighted by molar-refractivity contribution is -0.120. The predicted molar refractivity (Wildman–Crippen MR) is 96.6 cm³/mol. The Hall–Kier alpha value is -2.25. The number of carbonyl (C=O) groups excluding carboxylic acids is 1. The average Bonchev–Trinajstić information content (AvgIpc) is 2.53. The van der Waals surface area contributed by atoms with Crippen LogP contribution in [0, 0.1) is 12.3 Å². The summed E-state index contributed by atoms with van der Waals surface area (Å²) in [4.78, 5) is 12.7. The Balaban J connectivity index is 2.16. The van der Waals surface area contributed by atoms with E-state index >= 15 is 0 Å². The number of ether oxygens (including phenoxy) is 1. The molecule has 0 radical (unpaired) electrons. The van der Waals surface area contributed by atoms with Gasteiger partial charge in [-0.1, -0.05) is 40.0 Å². The van der Waals surface area contributed by atoms with Gasteiger partial charge in [0.2, 0.25) is 5.91 Å². The molecule has 118 valence electrons. The highest BCUT2D eigenvalue weighted by Gasteiger charge is 2.30. The summed E-state index contributed by atoms with van der Waals surface area (Å²) in [5.41, 5.74) is 0.941. The molecule has 0 spiro atoms. The molecular formula is C19H18BrNO2. The maximum atomic E-state index is 12.7. The first-order chi connectivity index (χ1) is 10.9. The van der Waals surface area contributed by atoms with Crippen LogP contribution in [0.4, 0.5) is 5.69 Å². The second kappa shape index (κ2) is 7.34. The van der Waals surface area contributed by atoms with E-state index in [9.17, 15) is 4.79 Å². The van der Waals surface area contributed by atoms with E-state index < -0.39 is 5.41 Å². The van der Waals surface area contributed by atoms with Crippen molar-refractivity contribution in [3.05, 3.63) is 58.6 Å². The number of carbonyl (C=O) groups is 1. The van der Waals surface area contributed by atoms with Gasteiger partial charge in [-0.25, -0.2) is 0 Å². The molecule has 0 heterocycles. The fourth-order valence-electron chi connectivity index (χ4n) is 2.08. The van der Waals surface area contributed by atoms with Gasteiger partial charge < -0.3 is 10.1 Å². The van der Waals surface area contributed by atoms with Gasteiger partial charge >= 0.3 is 0 Å². The average molecular weight is 372 g/mol. The molecule has 3 nitrogen and oxygen atoms in total. The summed E-state index contributed by atoms with van der Waals surface area (Å²) in [6.07, 6.45) is 5.18. The topological polar surface area (TPSA) is 38.3 Å². The zero-order valence-electron chi connectivity index (χ0n) is 13.1. The van der Waals surface area contributed by atoms with Crippen LogP contribution in [-0.4, -0.2) is 12.5 Å². The van der Waals surface area contributed by atoms with E-state index in [4.69, 9.17) is 11.2 Å². The summed E-state index contributed by atoms with van der Waals surface area (Å²) in [5, 5.41) is 2.93. The standard InChI is InChI=1S/C19H18BrNO2/c1-4-11-23-17-10-6-9-16(13-17)21-18(22)19(2,3)14-7-5-8-15(20)12-14/h1,5-10,12-13H,11H2,2-3H3,(H,21,22). The van der Waals surface area contributed by atoms with Crippen molar-refractivity contribution in [2.24, 2.45) is 0 Å². The van der Waals surface area contributed by atoms with Crippen LogP contribution in [0.25, 0.3) is 0 Å². The van der Waals surface area contributed by atoms with E-state index in [1.807, 2.05) is 50.2 Å². The van der Waals surface area contributed by atoms with Crippen LogP contribution in [0.1, 0.15) is 19.4 Å². The number of rotatable bonds is 5. The maximum absolute atomic E-state index is 12.7. The molecule has 0 fully saturated rings. The van der Waals surface area contributed by atoms with E-state index in [-0.39, 0.29) is 12.5 Å². The molecule has 0 atom stereocenters. The summed E-state index contributed by atoms with van der Waals surface area (Å²) in [6.45, 7) is 3.98. The molecule has 2 aromatic rings. The zero-order valence-corrected chi connectivity index (χ0v) is 14.7. The largest absolute Gasteiger partial charge is 0.481 e. The minimum atomic E-state index is -0.667. The Morgan fingerprint density at radius 1 is 1.26 bits per heavy atom. The summed E-state index contributed by atoms with van der Waals surface area (Å²) in [5.74, 6) is 2.95. The van der Waals surface area contributed by atoms with Crippen molar-refractivity contribution in [3.63, 3.8) is 0 Å². The Morgan fingerprint density at radius 2 is 2.00 bits per heavy atom. The fourth-order valence-corrected chi connectivity index (χ4v) is 2.48. The molecule has 0 aliphatic rings. The third-order valence-electron chi connectivity index (χ3n) is 3.53. The Morgan fingerprint density at radius 3 is 2.70 bits per heavy atom. The number of nitrogens with one attached hydrogen (secondary N) is 1. The first-order valence-corrected chi connectivity index (χ1v) is 7.96. The van der Waals surface area contributed by atoms with Crippen molar-refractivity contribution >= 4 is 27.5 Å². The van der Waals surface area contributed by atoms with Crippen LogP contribution >= 0.6 is 15.9 Å². The molecule has 0 aliphatic heterocycles. The lowest BCUT2D eigenvalue weighted by Gasteiger charge is -2.24. The van der Waals surface area contributed by atoms with Crippen molar-refractivity contribution in [3.8, 4) is 18.1 Å². The first kappa shape index (κ1) is 17.1. The first-order valence-electron chi connectivity index (χ1n) is 7.17. The summed E-state index contributed by atoms with van der Waals surface area (Å²) in [6, 6.07) is 14.9. The highest BCUT2D eigenvalue weighted by molar-refractivity contribution is 9.10. The smallest absolute Gasteiger partial charge is 0.234 e. The molecule has 0 unspecified atom stereocenters. The number of anilines is 1. The second-order valence-corrected chi connectivity index (χ2v) is 6.53. The highest BCUT2D eigenvalue weighted by Crippen LogP contribution is 2.28. The van der Waals surface area contributed by atoms with Gasteiger partial charge in [0.25, 0.3) is 0 Å². The molecule has 0 aliphatic carbocycles. The number of benzene rings is 2. The molecule has 23 heavy (non-hydrogen) atoms. The Bertz CT molecular complexity index is 747. The lowest BCUT2D eigenvalue weighted by atomic mass is 9.83. The van der Waals surface area contributed by atoms with Crippen LogP contribution < -0.4 is 10.1 Å². The van der Waals surface area contributed by atoms with Crippen LogP contribution in [0.5, 0.6) is 5.75 Å². The van der Waals surface area contributed by atoms with Gasteiger partial charge in [0.05, 0.1) is 5.41 Å². The Kier molecular flexibility index (Phi) is 5.46. The van der Waals surface area contributed by atoms with Gasteiger partial charge in [-0.05, 0) is 43.7 Å². The van der Waals surface area contributed by atoms with Gasteiger partial charge in [0.1, 0.15) is 12.4 Å². The van der Waals surface area contributed by atoms with Crippen LogP contribution in [0.15, 0.2) is 53.0 Å². The van der Waals surface area contributed by atoms with Gasteiger partial charge in [-0.3, -0.25) is 4.79 Å². The normalized spacial score (nSPS) is 10.7. The molecule has 2 rings (SSSR count). The van der Waals surface area contributed by atoms with Crippen molar-refractivity contribution in [2.45, 2.75) is 19.3 Å². The predicted octanol–water partition coefficient (Wildman–Crippen LogP) is 4.38. The summed E-state index contributed by atoms with van der Waals surface area (Å²) < 4.78 is 6.31. The molecule has 2 aromatic carbocycles. The van der Waals surface area contributed by atoms with E-state index in [0.717, 1.165) is 10.0 Å². The maximum Gasteiger partial charge on any atom is 0.234 e. The SMILES string of the molecule is C#CCOc1cccc(NC(=O)C(C)(C)c2cccc(Br)c2)c1. The highest BCUT2D eigenvalue weighted by atomic mass is 79.9. The van der Waals surface area contributed by atoms with E-state index in [1.54, 1.807) is 12.1 Å². The minimum absolute atomic E-state index is 0.0929. The number of terminal acetylenes is 1. The van der Waals surface area contributed by atoms with E-state index in [1.165, 1.54) is 0 Å². The molecule has 0 aromatic heterocycles. The van der Waals surface area contributed by atoms with E-state index in [2.05, 4.69) is 27.2 Å².